The third-order valence-electron chi connectivity index (χ3n) is 1.73. The number of aryl methyl sites for hydroxylation is 1. The van der Waals surface area contributed by atoms with Gasteiger partial charge >= 0.3 is 0 Å². The fourth-order valence-corrected chi connectivity index (χ4v) is 1.78. The Morgan fingerprint density at radius 3 is 2.79 bits per heavy atom. The van der Waals surface area contributed by atoms with Crippen molar-refractivity contribution in [2.24, 2.45) is 0 Å². The fraction of sp³-hybridized carbons (Fsp3) is 0.300. The monoisotopic (exact) mass is 210 g/mol. The molecule has 1 rings (SSSR count). The van der Waals surface area contributed by atoms with E-state index in [1.807, 2.05) is 13.8 Å². The van der Waals surface area contributed by atoms with Gasteiger partial charge in [-0.25, -0.2) is 0 Å². The van der Waals surface area contributed by atoms with Crippen LogP contribution in [0.15, 0.2) is 18.2 Å². The van der Waals surface area contributed by atoms with Crippen LogP contribution >= 0.6 is 11.3 Å². The standard InChI is InChI=1S/C10H14N2OS/c1-6(2)5-12-10(13)9-4-8(11)7(3)14-9/h4H,1,5,11H2,2-3H3,(H,12,13). The van der Waals surface area contributed by atoms with Crippen LogP contribution in [0.25, 0.3) is 0 Å². The zero-order chi connectivity index (χ0) is 10.7. The largest absolute Gasteiger partial charge is 0.398 e. The molecule has 0 unspecified atom stereocenters. The second-order valence-corrected chi connectivity index (χ2v) is 4.52. The number of thiophene rings is 1. The number of nitrogen functional groups attached to an aromatic ring is 1. The van der Waals surface area contributed by atoms with Crippen LogP contribution in [0, 0.1) is 6.92 Å². The molecule has 0 fully saturated rings. The van der Waals surface area contributed by atoms with E-state index in [1.165, 1.54) is 11.3 Å². The Kier molecular flexibility index (Phi) is 3.30. The number of amides is 1. The van der Waals surface area contributed by atoms with Crippen LogP contribution in [0.4, 0.5) is 5.69 Å². The van der Waals surface area contributed by atoms with E-state index in [-0.39, 0.29) is 5.91 Å². The van der Waals surface area contributed by atoms with Crippen molar-refractivity contribution in [1.82, 2.24) is 5.32 Å². The highest BCUT2D eigenvalue weighted by molar-refractivity contribution is 7.14. The lowest BCUT2D eigenvalue weighted by molar-refractivity contribution is 0.0961. The predicted molar refractivity (Wildman–Crippen MR) is 60.6 cm³/mol. The number of hydrogen-bond acceptors (Lipinski definition) is 3. The highest BCUT2D eigenvalue weighted by atomic mass is 32.1. The Morgan fingerprint density at radius 2 is 2.36 bits per heavy atom. The van der Waals surface area contributed by atoms with Crippen molar-refractivity contribution in [3.63, 3.8) is 0 Å². The lowest BCUT2D eigenvalue weighted by Crippen LogP contribution is -2.23. The first kappa shape index (κ1) is 10.8. The summed E-state index contributed by atoms with van der Waals surface area (Å²) in [6, 6.07) is 1.70. The van der Waals surface area contributed by atoms with Crippen molar-refractivity contribution in [2.75, 3.05) is 12.3 Å². The van der Waals surface area contributed by atoms with Gasteiger partial charge < -0.3 is 11.1 Å². The van der Waals surface area contributed by atoms with Crippen molar-refractivity contribution >= 4 is 22.9 Å². The molecule has 76 valence electrons. The van der Waals surface area contributed by atoms with Gasteiger partial charge in [0.1, 0.15) is 0 Å². The Labute approximate surface area is 87.6 Å². The summed E-state index contributed by atoms with van der Waals surface area (Å²) in [4.78, 5) is 13.1. The van der Waals surface area contributed by atoms with E-state index in [1.54, 1.807) is 6.07 Å². The molecular formula is C10H14N2OS. The summed E-state index contributed by atoms with van der Waals surface area (Å²) in [5.74, 6) is -0.0854. The van der Waals surface area contributed by atoms with Gasteiger partial charge in [0.05, 0.1) is 4.88 Å². The molecule has 14 heavy (non-hydrogen) atoms. The van der Waals surface area contributed by atoms with E-state index < -0.39 is 0 Å². The number of nitrogens with two attached hydrogens (primary N) is 1. The molecule has 4 heteroatoms. The molecule has 0 aliphatic carbocycles. The SMILES string of the molecule is C=C(C)CNC(=O)c1cc(N)c(C)s1. The summed E-state index contributed by atoms with van der Waals surface area (Å²) < 4.78 is 0. The Balaban J connectivity index is 2.65. The van der Waals surface area contributed by atoms with E-state index in [9.17, 15) is 4.79 Å². The summed E-state index contributed by atoms with van der Waals surface area (Å²) in [5, 5.41) is 2.76. The summed E-state index contributed by atoms with van der Waals surface area (Å²) in [7, 11) is 0. The first-order chi connectivity index (χ1) is 6.50. The van der Waals surface area contributed by atoms with Crippen molar-refractivity contribution in [2.45, 2.75) is 13.8 Å². The van der Waals surface area contributed by atoms with E-state index in [4.69, 9.17) is 5.73 Å². The number of nitrogens with one attached hydrogen (secondary N) is 1. The molecule has 0 atom stereocenters. The van der Waals surface area contributed by atoms with E-state index >= 15 is 0 Å². The molecule has 1 aromatic heterocycles. The summed E-state index contributed by atoms with van der Waals surface area (Å²) >= 11 is 1.41. The Morgan fingerprint density at radius 1 is 1.71 bits per heavy atom. The molecular weight excluding hydrogens is 196 g/mol. The number of anilines is 1. The molecule has 0 aliphatic rings. The molecule has 0 aliphatic heterocycles. The maximum Gasteiger partial charge on any atom is 0.261 e. The summed E-state index contributed by atoms with van der Waals surface area (Å²) in [6.45, 7) is 7.98. The average molecular weight is 210 g/mol. The molecule has 0 spiro atoms. The third-order valence-corrected chi connectivity index (χ3v) is 2.80. The quantitative estimate of drug-likeness (QED) is 0.749. The molecule has 0 saturated heterocycles. The van der Waals surface area contributed by atoms with Crippen LogP contribution < -0.4 is 11.1 Å². The lowest BCUT2D eigenvalue weighted by atomic mass is 10.3. The van der Waals surface area contributed by atoms with Gasteiger partial charge in [-0.15, -0.1) is 11.3 Å². The molecule has 0 aromatic carbocycles. The summed E-state index contributed by atoms with van der Waals surface area (Å²) in [5.41, 5.74) is 7.25. The zero-order valence-electron chi connectivity index (χ0n) is 8.39. The highest BCUT2D eigenvalue weighted by Gasteiger charge is 2.09. The smallest absolute Gasteiger partial charge is 0.261 e. The van der Waals surface area contributed by atoms with Crippen LogP contribution in [0.5, 0.6) is 0 Å². The predicted octanol–water partition coefficient (Wildman–Crippen LogP) is 1.94. The van der Waals surface area contributed by atoms with Gasteiger partial charge in [0, 0.05) is 17.1 Å². The minimum atomic E-state index is -0.0854. The van der Waals surface area contributed by atoms with Crippen molar-refractivity contribution in [3.05, 3.63) is 28.0 Å². The number of carbonyl (C=O) groups is 1. The van der Waals surface area contributed by atoms with Crippen molar-refractivity contribution in [1.29, 1.82) is 0 Å². The first-order valence-corrected chi connectivity index (χ1v) is 5.11. The second-order valence-electron chi connectivity index (χ2n) is 3.26. The normalized spacial score (nSPS) is 9.86. The molecule has 3 N–H and O–H groups in total. The van der Waals surface area contributed by atoms with Crippen LogP contribution in [0.2, 0.25) is 0 Å². The molecule has 3 nitrogen and oxygen atoms in total. The number of hydrogen-bond donors (Lipinski definition) is 2. The lowest BCUT2D eigenvalue weighted by Gasteiger charge is -2.01. The van der Waals surface area contributed by atoms with Crippen LogP contribution in [0.1, 0.15) is 21.5 Å². The van der Waals surface area contributed by atoms with Gasteiger partial charge in [-0.05, 0) is 19.9 Å². The van der Waals surface area contributed by atoms with E-state index in [0.29, 0.717) is 17.1 Å². The van der Waals surface area contributed by atoms with Crippen molar-refractivity contribution in [3.8, 4) is 0 Å². The van der Waals surface area contributed by atoms with Gasteiger partial charge in [0.25, 0.3) is 5.91 Å². The molecule has 1 heterocycles. The Bertz CT molecular complexity index is 349. The molecule has 1 aromatic rings. The number of carbonyl (C=O) groups excluding carboxylic acids is 1. The van der Waals surface area contributed by atoms with Crippen LogP contribution in [-0.4, -0.2) is 12.5 Å². The molecule has 0 radical (unpaired) electrons. The van der Waals surface area contributed by atoms with Gasteiger partial charge in [-0.2, -0.15) is 0 Å². The Hall–Kier alpha value is -1.29. The van der Waals surface area contributed by atoms with E-state index in [2.05, 4.69) is 11.9 Å². The van der Waals surface area contributed by atoms with Gasteiger partial charge in [0.2, 0.25) is 0 Å². The van der Waals surface area contributed by atoms with Crippen LogP contribution in [-0.2, 0) is 0 Å². The molecule has 0 bridgehead atoms. The summed E-state index contributed by atoms with van der Waals surface area (Å²) in [6.07, 6.45) is 0. The topological polar surface area (TPSA) is 55.1 Å². The number of rotatable bonds is 3. The average Bonchev–Trinajstić information content (AvgIpc) is 2.43. The van der Waals surface area contributed by atoms with Gasteiger partial charge in [0.15, 0.2) is 0 Å². The highest BCUT2D eigenvalue weighted by Crippen LogP contribution is 2.22. The van der Waals surface area contributed by atoms with Gasteiger partial charge in [-0.3, -0.25) is 4.79 Å². The van der Waals surface area contributed by atoms with Crippen molar-refractivity contribution < 1.29 is 4.79 Å². The second kappa shape index (κ2) is 4.28. The molecule has 0 saturated carbocycles. The van der Waals surface area contributed by atoms with E-state index in [0.717, 1.165) is 10.5 Å². The third kappa shape index (κ3) is 2.60. The zero-order valence-corrected chi connectivity index (χ0v) is 9.20. The minimum absolute atomic E-state index is 0.0854. The fourth-order valence-electron chi connectivity index (χ4n) is 0.926. The maximum absolute atomic E-state index is 11.5. The maximum atomic E-state index is 11.5. The van der Waals surface area contributed by atoms with Crippen LogP contribution in [0.3, 0.4) is 0 Å². The van der Waals surface area contributed by atoms with Gasteiger partial charge in [-0.1, -0.05) is 12.2 Å². The minimum Gasteiger partial charge on any atom is -0.398 e. The first-order valence-electron chi connectivity index (χ1n) is 4.29. The molecule has 1 amide bonds.